The van der Waals surface area contributed by atoms with Crippen LogP contribution >= 0.6 is 23.6 Å². The Balaban J connectivity index is 2.43. The van der Waals surface area contributed by atoms with Gasteiger partial charge in [0.25, 0.3) is 11.5 Å². The van der Waals surface area contributed by atoms with E-state index in [1.165, 1.54) is 16.2 Å². The molecule has 0 aliphatic carbocycles. The highest BCUT2D eigenvalue weighted by atomic mass is 32.1. The number of hydrogen-bond donors (Lipinski definition) is 0. The molecule has 1 saturated heterocycles. The largest absolute Gasteiger partial charge is 0.350 e. The average Bonchev–Trinajstić information content (AvgIpc) is 3.05. The maximum atomic E-state index is 13.1. The summed E-state index contributed by atoms with van der Waals surface area (Å²) in [4.78, 5) is 31.0. The van der Waals surface area contributed by atoms with E-state index < -0.39 is 0 Å². The highest BCUT2D eigenvalue weighted by Gasteiger charge is 2.36. The Hall–Kier alpha value is -2.45. The van der Waals surface area contributed by atoms with E-state index >= 15 is 0 Å². The minimum Gasteiger partial charge on any atom is -0.350 e. The Morgan fingerprint density at radius 1 is 1.27 bits per heavy atom. The first-order valence-corrected chi connectivity index (χ1v) is 9.41. The van der Waals surface area contributed by atoms with Crippen molar-refractivity contribution in [3.63, 3.8) is 0 Å². The molecule has 0 atom stereocenters. The van der Waals surface area contributed by atoms with Crippen LogP contribution < -0.4 is 14.8 Å². The maximum absolute atomic E-state index is 13.1. The zero-order valence-corrected chi connectivity index (χ0v) is 16.6. The van der Waals surface area contributed by atoms with Crippen molar-refractivity contribution in [2.24, 2.45) is 0 Å². The predicted octanol–water partition coefficient (Wildman–Crippen LogP) is 0.406. The Bertz CT molecular complexity index is 1030. The number of nitrogens with zero attached hydrogens (tertiary/aromatic N) is 4. The summed E-state index contributed by atoms with van der Waals surface area (Å²) in [5.74, 6) is -0.195. The molecule has 1 aromatic rings. The van der Waals surface area contributed by atoms with E-state index in [0.717, 1.165) is 5.70 Å². The molecule has 0 spiro atoms. The third-order valence-electron chi connectivity index (χ3n) is 4.30. The van der Waals surface area contributed by atoms with Crippen molar-refractivity contribution in [2.75, 3.05) is 20.6 Å². The number of thiocarbonyl (C=S) groups is 1. The van der Waals surface area contributed by atoms with Gasteiger partial charge in [-0.05, 0) is 31.3 Å². The fourth-order valence-electron chi connectivity index (χ4n) is 2.94. The van der Waals surface area contributed by atoms with Crippen LogP contribution in [0.4, 0.5) is 0 Å². The topological polar surface area (TPSA) is 48.8 Å². The minimum atomic E-state index is -0.195. The number of hydrogen-bond acceptors (Lipinski definition) is 5. The molecule has 0 aromatic carbocycles. The fraction of sp³-hybridized carbons (Fsp3) is 0.278. The smallest absolute Gasteiger partial charge is 0.279 e. The lowest BCUT2D eigenvalue weighted by atomic mass is 10.3. The van der Waals surface area contributed by atoms with Gasteiger partial charge >= 0.3 is 0 Å². The summed E-state index contributed by atoms with van der Waals surface area (Å²) < 4.78 is 2.78. The van der Waals surface area contributed by atoms with Gasteiger partial charge in [0.2, 0.25) is 0 Å². The van der Waals surface area contributed by atoms with E-state index in [1.54, 1.807) is 22.6 Å². The summed E-state index contributed by atoms with van der Waals surface area (Å²) in [5.41, 5.74) is 1.12. The van der Waals surface area contributed by atoms with Crippen LogP contribution in [-0.2, 0) is 11.3 Å². The third-order valence-corrected chi connectivity index (χ3v) is 5.99. The van der Waals surface area contributed by atoms with Crippen molar-refractivity contribution >= 4 is 46.0 Å². The average molecular weight is 389 g/mol. The van der Waals surface area contributed by atoms with Gasteiger partial charge in [-0.15, -0.1) is 17.9 Å². The van der Waals surface area contributed by atoms with Gasteiger partial charge in [-0.2, -0.15) is 0 Å². The Kier molecular flexibility index (Phi) is 4.97. The predicted molar refractivity (Wildman–Crippen MR) is 109 cm³/mol. The fourth-order valence-corrected chi connectivity index (χ4v) is 4.51. The van der Waals surface area contributed by atoms with E-state index in [0.29, 0.717) is 33.1 Å². The summed E-state index contributed by atoms with van der Waals surface area (Å²) in [6.45, 7) is 6.56. The molecule has 2 aliphatic rings. The summed E-state index contributed by atoms with van der Waals surface area (Å²) in [5, 5.41) is 0.449. The molecule has 6 nitrogen and oxygen atoms in total. The van der Waals surface area contributed by atoms with Crippen molar-refractivity contribution < 1.29 is 4.79 Å². The molecule has 2 aliphatic heterocycles. The molecular weight excluding hydrogens is 368 g/mol. The first-order valence-electron chi connectivity index (χ1n) is 8.18. The number of thiazole rings is 1. The van der Waals surface area contributed by atoms with Crippen molar-refractivity contribution in [3.05, 3.63) is 56.6 Å². The summed E-state index contributed by atoms with van der Waals surface area (Å²) in [7, 11) is 3.54. The normalized spacial score (nSPS) is 21.3. The van der Waals surface area contributed by atoms with Crippen LogP contribution in [-0.4, -0.2) is 50.9 Å². The van der Waals surface area contributed by atoms with Crippen LogP contribution in [0.3, 0.4) is 0 Å². The van der Waals surface area contributed by atoms with Gasteiger partial charge in [0.1, 0.15) is 14.9 Å². The molecule has 1 aromatic heterocycles. The van der Waals surface area contributed by atoms with E-state index in [4.69, 9.17) is 12.2 Å². The standard InChI is InChI=1S/C18H20N4O2S2/c1-5-10-22-16(24)14(12-9-7-8-11-19(12)3)26-17(22)13-15(23)20(4)18(25)21(13)6-2/h5,7-9,11H,1,6,10H2,2-4H3/b14-12-,17-13+. The molecule has 1 fully saturated rings. The SMILES string of the molecule is C=CCn1c(=O)/c(=C2\C=CC=CN2C)s/c1=C1\C(=O)N(C)C(=S)N1CC. The van der Waals surface area contributed by atoms with Crippen molar-refractivity contribution in [3.8, 4) is 0 Å². The Labute approximate surface area is 160 Å². The van der Waals surface area contributed by atoms with Gasteiger partial charge in [0.15, 0.2) is 5.11 Å². The van der Waals surface area contributed by atoms with Gasteiger partial charge < -0.3 is 9.80 Å². The lowest BCUT2D eigenvalue weighted by molar-refractivity contribution is -0.120. The molecule has 136 valence electrons. The number of rotatable bonds is 3. The maximum Gasteiger partial charge on any atom is 0.279 e. The number of aromatic nitrogens is 1. The number of amides is 1. The second-order valence-corrected chi connectivity index (χ2v) is 7.24. The van der Waals surface area contributed by atoms with E-state index in [-0.39, 0.29) is 11.5 Å². The van der Waals surface area contributed by atoms with Crippen LogP contribution in [0, 0.1) is 0 Å². The molecule has 1 amide bonds. The molecule has 3 heterocycles. The highest BCUT2D eigenvalue weighted by molar-refractivity contribution is 7.80. The van der Waals surface area contributed by atoms with Crippen LogP contribution in [0.1, 0.15) is 6.92 Å². The second kappa shape index (κ2) is 7.05. The van der Waals surface area contributed by atoms with Crippen molar-refractivity contribution in [2.45, 2.75) is 13.5 Å². The molecule has 0 bridgehead atoms. The monoisotopic (exact) mass is 388 g/mol. The Morgan fingerprint density at radius 3 is 2.62 bits per heavy atom. The summed E-state index contributed by atoms with van der Waals surface area (Å²) >= 11 is 6.69. The highest BCUT2D eigenvalue weighted by Crippen LogP contribution is 2.19. The number of carbonyl (C=O) groups is 1. The summed E-state index contributed by atoms with van der Waals surface area (Å²) in [6.07, 6.45) is 9.24. The first-order chi connectivity index (χ1) is 12.4. The van der Waals surface area contributed by atoms with Gasteiger partial charge in [0.05, 0.1) is 5.70 Å². The molecule has 0 saturated carbocycles. The summed E-state index contributed by atoms with van der Waals surface area (Å²) in [6, 6.07) is 0. The molecule has 0 radical (unpaired) electrons. The molecular formula is C18H20N4O2S2. The van der Waals surface area contributed by atoms with Crippen molar-refractivity contribution in [1.29, 1.82) is 0 Å². The van der Waals surface area contributed by atoms with Gasteiger partial charge in [-0.25, -0.2) is 0 Å². The molecule has 0 N–H and O–H groups in total. The van der Waals surface area contributed by atoms with Crippen molar-refractivity contribution in [1.82, 2.24) is 19.3 Å². The lowest BCUT2D eigenvalue weighted by Crippen LogP contribution is -2.36. The second-order valence-electron chi connectivity index (χ2n) is 5.88. The quantitative estimate of drug-likeness (QED) is 0.554. The van der Waals surface area contributed by atoms with Crippen LogP contribution in [0.5, 0.6) is 0 Å². The minimum absolute atomic E-state index is 0.136. The van der Waals surface area contributed by atoms with E-state index in [2.05, 4.69) is 6.58 Å². The zero-order valence-electron chi connectivity index (χ0n) is 14.9. The van der Waals surface area contributed by atoms with Crippen LogP contribution in [0.2, 0.25) is 0 Å². The first kappa shape index (κ1) is 18.3. The lowest BCUT2D eigenvalue weighted by Gasteiger charge is -2.16. The number of carbonyl (C=O) groups excluding carboxylic acids is 1. The van der Waals surface area contributed by atoms with Gasteiger partial charge in [0, 0.05) is 33.4 Å². The Morgan fingerprint density at radius 2 is 2.00 bits per heavy atom. The number of likely N-dealkylation sites (N-methyl/N-ethyl adjacent to an activating group) is 3. The third kappa shape index (κ3) is 2.75. The van der Waals surface area contributed by atoms with E-state index in [9.17, 15) is 9.59 Å². The molecule has 26 heavy (non-hydrogen) atoms. The molecule has 0 unspecified atom stereocenters. The molecule has 8 heteroatoms. The molecule has 3 rings (SSSR count). The zero-order chi connectivity index (χ0) is 19.0. The van der Waals surface area contributed by atoms with Crippen LogP contribution in [0.25, 0.3) is 11.4 Å². The van der Waals surface area contributed by atoms with Crippen LogP contribution in [0.15, 0.2) is 41.9 Å². The van der Waals surface area contributed by atoms with E-state index in [1.807, 2.05) is 43.3 Å². The number of allylic oxidation sites excluding steroid dienone is 3. The van der Waals surface area contributed by atoms with Gasteiger partial charge in [-0.3, -0.25) is 19.1 Å². The van der Waals surface area contributed by atoms with Gasteiger partial charge in [-0.1, -0.05) is 12.2 Å².